The SMILES string of the molecule is CCOc1c(Br)cc(C(=O)Nc2nc3c(cc2C#N)CCC3)cc1OC. The van der Waals surface area contributed by atoms with Crippen LogP contribution in [0.4, 0.5) is 5.82 Å². The van der Waals surface area contributed by atoms with E-state index < -0.39 is 0 Å². The molecule has 1 aromatic carbocycles. The molecule has 1 heterocycles. The number of rotatable bonds is 5. The minimum absolute atomic E-state index is 0.294. The Kier molecular flexibility index (Phi) is 5.43. The van der Waals surface area contributed by atoms with Crippen LogP contribution in [0, 0.1) is 11.3 Å². The first-order valence-electron chi connectivity index (χ1n) is 8.32. The Balaban J connectivity index is 1.92. The molecule has 0 bridgehead atoms. The number of aromatic nitrogens is 1. The summed E-state index contributed by atoms with van der Waals surface area (Å²) in [6.45, 7) is 2.35. The zero-order chi connectivity index (χ0) is 18.7. The van der Waals surface area contributed by atoms with E-state index in [0.717, 1.165) is 30.5 Å². The molecule has 26 heavy (non-hydrogen) atoms. The number of nitrogens with zero attached hydrogens (tertiary/aromatic N) is 2. The number of hydrogen-bond acceptors (Lipinski definition) is 5. The molecule has 2 aromatic rings. The normalized spacial score (nSPS) is 12.2. The molecule has 7 heteroatoms. The van der Waals surface area contributed by atoms with Gasteiger partial charge < -0.3 is 14.8 Å². The Morgan fingerprint density at radius 1 is 1.38 bits per heavy atom. The van der Waals surface area contributed by atoms with Gasteiger partial charge in [-0.1, -0.05) is 0 Å². The standard InChI is InChI=1S/C19H18BrN3O3/c1-3-26-17-14(20)8-12(9-16(17)25-2)19(24)23-18-13(10-21)7-11-5-4-6-15(11)22-18/h7-9H,3-6H2,1-2H3,(H,22,23,24). The van der Waals surface area contributed by atoms with Crippen LogP contribution in [-0.4, -0.2) is 24.6 Å². The van der Waals surface area contributed by atoms with E-state index in [0.29, 0.717) is 39.5 Å². The second-order valence-electron chi connectivity index (χ2n) is 5.83. The van der Waals surface area contributed by atoms with Crippen LogP contribution in [0.2, 0.25) is 0 Å². The number of ether oxygens (including phenoxy) is 2. The molecule has 1 aromatic heterocycles. The van der Waals surface area contributed by atoms with Crippen molar-refractivity contribution in [1.29, 1.82) is 5.26 Å². The molecular formula is C19H18BrN3O3. The second kappa shape index (κ2) is 7.75. The summed E-state index contributed by atoms with van der Waals surface area (Å²) in [7, 11) is 1.52. The summed E-state index contributed by atoms with van der Waals surface area (Å²) >= 11 is 3.41. The number of anilines is 1. The summed E-state index contributed by atoms with van der Waals surface area (Å²) in [4.78, 5) is 17.2. The number of carbonyl (C=O) groups excluding carboxylic acids is 1. The molecule has 1 amide bonds. The van der Waals surface area contributed by atoms with Gasteiger partial charge in [0.15, 0.2) is 17.3 Å². The number of benzene rings is 1. The minimum atomic E-state index is -0.367. The fourth-order valence-corrected chi connectivity index (χ4v) is 3.52. The number of amides is 1. The van der Waals surface area contributed by atoms with E-state index in [1.807, 2.05) is 13.0 Å². The average Bonchev–Trinajstić information content (AvgIpc) is 3.09. The Labute approximate surface area is 160 Å². The van der Waals surface area contributed by atoms with Crippen LogP contribution in [0.3, 0.4) is 0 Å². The molecular weight excluding hydrogens is 398 g/mol. The quantitative estimate of drug-likeness (QED) is 0.800. The van der Waals surface area contributed by atoms with E-state index in [4.69, 9.17) is 9.47 Å². The summed E-state index contributed by atoms with van der Waals surface area (Å²) in [6, 6.07) is 7.19. The topological polar surface area (TPSA) is 84.2 Å². The van der Waals surface area contributed by atoms with Crippen molar-refractivity contribution in [3.8, 4) is 17.6 Å². The zero-order valence-electron chi connectivity index (χ0n) is 14.6. The summed E-state index contributed by atoms with van der Waals surface area (Å²) < 4.78 is 11.5. The van der Waals surface area contributed by atoms with Crippen molar-refractivity contribution in [1.82, 2.24) is 4.98 Å². The van der Waals surface area contributed by atoms with Crippen LogP contribution in [-0.2, 0) is 12.8 Å². The van der Waals surface area contributed by atoms with Gasteiger partial charge in [-0.2, -0.15) is 5.26 Å². The van der Waals surface area contributed by atoms with Gasteiger partial charge >= 0.3 is 0 Å². The third-order valence-electron chi connectivity index (χ3n) is 4.18. The summed E-state index contributed by atoms with van der Waals surface area (Å²) in [5, 5.41) is 12.1. The predicted molar refractivity (Wildman–Crippen MR) is 101 cm³/mol. The number of carbonyl (C=O) groups is 1. The maximum atomic E-state index is 12.7. The van der Waals surface area contributed by atoms with Crippen molar-refractivity contribution in [2.75, 3.05) is 19.0 Å². The van der Waals surface area contributed by atoms with Crippen molar-refractivity contribution in [3.63, 3.8) is 0 Å². The summed E-state index contributed by atoms with van der Waals surface area (Å²) in [5.41, 5.74) is 2.79. The van der Waals surface area contributed by atoms with Crippen molar-refractivity contribution < 1.29 is 14.3 Å². The molecule has 0 aliphatic heterocycles. The molecule has 1 aliphatic rings. The maximum absolute atomic E-state index is 12.7. The molecule has 0 atom stereocenters. The highest BCUT2D eigenvalue weighted by molar-refractivity contribution is 9.10. The fraction of sp³-hybridized carbons (Fsp3) is 0.316. The van der Waals surface area contributed by atoms with Crippen molar-refractivity contribution in [2.24, 2.45) is 0 Å². The molecule has 1 aliphatic carbocycles. The number of nitrogens with one attached hydrogen (secondary N) is 1. The van der Waals surface area contributed by atoms with E-state index in [-0.39, 0.29) is 5.91 Å². The van der Waals surface area contributed by atoms with Crippen LogP contribution in [0.5, 0.6) is 11.5 Å². The Bertz CT molecular complexity index is 906. The number of aryl methyl sites for hydroxylation is 2. The molecule has 0 radical (unpaired) electrons. The number of fused-ring (bicyclic) bond motifs is 1. The smallest absolute Gasteiger partial charge is 0.257 e. The molecule has 0 saturated heterocycles. The van der Waals surface area contributed by atoms with E-state index in [2.05, 4.69) is 32.3 Å². The van der Waals surface area contributed by atoms with Crippen LogP contribution in [0.15, 0.2) is 22.7 Å². The van der Waals surface area contributed by atoms with E-state index >= 15 is 0 Å². The monoisotopic (exact) mass is 415 g/mol. The van der Waals surface area contributed by atoms with Crippen LogP contribution in [0.25, 0.3) is 0 Å². The van der Waals surface area contributed by atoms with Gasteiger partial charge in [0.25, 0.3) is 5.91 Å². The van der Waals surface area contributed by atoms with Crippen molar-refractivity contribution >= 4 is 27.7 Å². The Hall–Kier alpha value is -2.59. The highest BCUT2D eigenvalue weighted by Crippen LogP contribution is 2.37. The van der Waals surface area contributed by atoms with E-state index in [9.17, 15) is 10.1 Å². The van der Waals surface area contributed by atoms with Gasteiger partial charge in [0.1, 0.15) is 6.07 Å². The highest BCUT2D eigenvalue weighted by Gasteiger charge is 2.20. The molecule has 1 N–H and O–H groups in total. The first-order valence-corrected chi connectivity index (χ1v) is 9.11. The summed E-state index contributed by atoms with van der Waals surface area (Å²) in [6.07, 6.45) is 2.81. The molecule has 134 valence electrons. The Morgan fingerprint density at radius 3 is 2.88 bits per heavy atom. The van der Waals surface area contributed by atoms with Gasteiger partial charge in [-0.15, -0.1) is 0 Å². The summed E-state index contributed by atoms with van der Waals surface area (Å²) in [5.74, 6) is 0.921. The predicted octanol–water partition coefficient (Wildman–Crippen LogP) is 3.86. The van der Waals surface area contributed by atoms with Gasteiger partial charge in [0, 0.05) is 11.3 Å². The number of hydrogen-bond donors (Lipinski definition) is 1. The molecule has 3 rings (SSSR count). The number of methoxy groups -OCH3 is 1. The number of nitriles is 1. The van der Waals surface area contributed by atoms with E-state index in [1.54, 1.807) is 12.1 Å². The fourth-order valence-electron chi connectivity index (χ4n) is 2.97. The lowest BCUT2D eigenvalue weighted by molar-refractivity contribution is 0.102. The van der Waals surface area contributed by atoms with Crippen molar-refractivity contribution in [2.45, 2.75) is 26.2 Å². The van der Waals surface area contributed by atoms with Crippen LogP contribution in [0.1, 0.15) is 40.5 Å². The second-order valence-corrected chi connectivity index (χ2v) is 6.69. The largest absolute Gasteiger partial charge is 0.493 e. The minimum Gasteiger partial charge on any atom is -0.493 e. The third kappa shape index (κ3) is 3.51. The van der Waals surface area contributed by atoms with Gasteiger partial charge in [0.2, 0.25) is 0 Å². The van der Waals surface area contributed by atoms with Crippen LogP contribution >= 0.6 is 15.9 Å². The Morgan fingerprint density at radius 2 is 2.19 bits per heavy atom. The molecule has 0 fully saturated rings. The first-order chi connectivity index (χ1) is 12.6. The molecule has 0 saturated carbocycles. The lowest BCUT2D eigenvalue weighted by Crippen LogP contribution is -2.15. The lowest BCUT2D eigenvalue weighted by atomic mass is 10.1. The molecule has 0 spiro atoms. The van der Waals surface area contributed by atoms with Crippen LogP contribution < -0.4 is 14.8 Å². The third-order valence-corrected chi connectivity index (χ3v) is 4.77. The van der Waals surface area contributed by atoms with Gasteiger partial charge in [-0.3, -0.25) is 4.79 Å². The maximum Gasteiger partial charge on any atom is 0.257 e. The van der Waals surface area contributed by atoms with Gasteiger partial charge in [0.05, 0.1) is 23.8 Å². The van der Waals surface area contributed by atoms with Gasteiger partial charge in [-0.05, 0) is 65.9 Å². The van der Waals surface area contributed by atoms with Gasteiger partial charge in [-0.25, -0.2) is 4.98 Å². The lowest BCUT2D eigenvalue weighted by Gasteiger charge is -2.14. The highest BCUT2D eigenvalue weighted by atomic mass is 79.9. The molecule has 0 unspecified atom stereocenters. The average molecular weight is 416 g/mol. The first kappa shape index (κ1) is 18.2. The zero-order valence-corrected chi connectivity index (χ0v) is 16.1. The van der Waals surface area contributed by atoms with Crippen molar-refractivity contribution in [3.05, 3.63) is 45.1 Å². The van der Waals surface area contributed by atoms with E-state index in [1.165, 1.54) is 7.11 Å². The number of pyridine rings is 1. The molecule has 6 nitrogen and oxygen atoms in total. The number of halogens is 1.